The van der Waals surface area contributed by atoms with Crippen molar-refractivity contribution < 1.29 is 4.79 Å². The summed E-state index contributed by atoms with van der Waals surface area (Å²) in [4.78, 5) is 14.4. The molecular formula is C19H27N5OS. The smallest absolute Gasteiger partial charge is 0.232 e. The van der Waals surface area contributed by atoms with Crippen molar-refractivity contribution in [1.29, 1.82) is 0 Å². The molecule has 1 aromatic heterocycles. The number of anilines is 1. The number of rotatable bonds is 7. The second kappa shape index (κ2) is 8.58. The zero-order valence-corrected chi connectivity index (χ0v) is 16.6. The maximum atomic E-state index is 12.1. The third-order valence-electron chi connectivity index (χ3n) is 4.34. The van der Waals surface area contributed by atoms with Crippen LogP contribution in [-0.2, 0) is 4.79 Å². The van der Waals surface area contributed by atoms with Gasteiger partial charge in [-0.15, -0.1) is 10.2 Å². The lowest BCUT2D eigenvalue weighted by Gasteiger charge is -2.18. The molecule has 1 aliphatic rings. The molecule has 1 amide bonds. The van der Waals surface area contributed by atoms with Crippen molar-refractivity contribution in [1.82, 2.24) is 20.1 Å². The molecule has 2 aromatic rings. The molecule has 0 radical (unpaired) electrons. The Balaban J connectivity index is 1.80. The van der Waals surface area contributed by atoms with Crippen molar-refractivity contribution in [2.75, 3.05) is 30.3 Å². The van der Waals surface area contributed by atoms with E-state index in [1.54, 1.807) is 0 Å². The lowest BCUT2D eigenvalue weighted by molar-refractivity contribution is -0.118. The Morgan fingerprint density at radius 3 is 2.54 bits per heavy atom. The second-order valence-electron chi connectivity index (χ2n) is 7.13. The first-order chi connectivity index (χ1) is 12.5. The molecule has 0 saturated carbocycles. The van der Waals surface area contributed by atoms with Crippen molar-refractivity contribution in [2.24, 2.45) is 5.92 Å². The Kier molecular flexibility index (Phi) is 6.19. The number of nitrogens with zero attached hydrogens (tertiary/aromatic N) is 4. The van der Waals surface area contributed by atoms with Gasteiger partial charge in [-0.25, -0.2) is 0 Å². The molecule has 0 atom stereocenters. The van der Waals surface area contributed by atoms with E-state index in [0.29, 0.717) is 18.2 Å². The second-order valence-corrected chi connectivity index (χ2v) is 8.08. The highest BCUT2D eigenvalue weighted by atomic mass is 32.2. The van der Waals surface area contributed by atoms with Gasteiger partial charge in [0.2, 0.25) is 11.9 Å². The van der Waals surface area contributed by atoms with Gasteiger partial charge in [-0.05, 0) is 37.8 Å². The quantitative estimate of drug-likeness (QED) is 0.756. The minimum Gasteiger partial charge on any atom is -0.355 e. The molecule has 26 heavy (non-hydrogen) atoms. The van der Waals surface area contributed by atoms with Crippen molar-refractivity contribution >= 4 is 23.6 Å². The first-order valence-electron chi connectivity index (χ1n) is 9.21. The van der Waals surface area contributed by atoms with Gasteiger partial charge in [0.05, 0.1) is 11.4 Å². The van der Waals surface area contributed by atoms with E-state index in [0.717, 1.165) is 29.9 Å². The first-order valence-corrected chi connectivity index (χ1v) is 10.2. The number of thioether (sulfide) groups is 1. The number of aryl methyl sites for hydroxylation is 1. The van der Waals surface area contributed by atoms with Crippen LogP contribution in [-0.4, -0.2) is 46.1 Å². The van der Waals surface area contributed by atoms with Crippen molar-refractivity contribution in [3.63, 3.8) is 0 Å². The van der Waals surface area contributed by atoms with Crippen LogP contribution in [0.15, 0.2) is 29.4 Å². The summed E-state index contributed by atoms with van der Waals surface area (Å²) in [6.07, 6.45) is 2.36. The third-order valence-corrected chi connectivity index (χ3v) is 5.27. The zero-order valence-electron chi connectivity index (χ0n) is 15.7. The number of amides is 1. The summed E-state index contributed by atoms with van der Waals surface area (Å²) in [5.74, 6) is 1.69. The van der Waals surface area contributed by atoms with Crippen LogP contribution in [0.25, 0.3) is 5.69 Å². The van der Waals surface area contributed by atoms with Crippen LogP contribution in [0.3, 0.4) is 0 Å². The number of nitrogens with one attached hydrogen (secondary N) is 1. The number of benzene rings is 1. The summed E-state index contributed by atoms with van der Waals surface area (Å²) in [7, 11) is 0. The van der Waals surface area contributed by atoms with Gasteiger partial charge in [0.1, 0.15) is 0 Å². The van der Waals surface area contributed by atoms with Gasteiger partial charge >= 0.3 is 0 Å². The van der Waals surface area contributed by atoms with Crippen LogP contribution in [0.4, 0.5) is 5.95 Å². The summed E-state index contributed by atoms with van der Waals surface area (Å²) in [5, 5.41) is 12.5. The van der Waals surface area contributed by atoms with Crippen LogP contribution in [0, 0.1) is 12.8 Å². The highest BCUT2D eigenvalue weighted by Crippen LogP contribution is 2.28. The Morgan fingerprint density at radius 1 is 1.19 bits per heavy atom. The Hall–Kier alpha value is -2.02. The van der Waals surface area contributed by atoms with E-state index >= 15 is 0 Å². The highest BCUT2D eigenvalue weighted by Gasteiger charge is 2.22. The molecule has 7 heteroatoms. The fourth-order valence-electron chi connectivity index (χ4n) is 2.90. The van der Waals surface area contributed by atoms with E-state index in [1.807, 2.05) is 0 Å². The van der Waals surface area contributed by atoms with Gasteiger partial charge < -0.3 is 10.2 Å². The fourth-order valence-corrected chi connectivity index (χ4v) is 3.67. The minimum absolute atomic E-state index is 0.0323. The lowest BCUT2D eigenvalue weighted by Crippen LogP contribution is -2.28. The predicted molar refractivity (Wildman–Crippen MR) is 106 cm³/mol. The van der Waals surface area contributed by atoms with E-state index in [4.69, 9.17) is 0 Å². The average Bonchev–Trinajstić information content (AvgIpc) is 3.28. The number of carbonyl (C=O) groups excluding carboxylic acids is 1. The topological polar surface area (TPSA) is 63.1 Å². The monoisotopic (exact) mass is 373 g/mol. The molecule has 6 nitrogen and oxygen atoms in total. The number of hydrogen-bond acceptors (Lipinski definition) is 5. The van der Waals surface area contributed by atoms with Crippen molar-refractivity contribution in [3.8, 4) is 5.69 Å². The molecule has 140 valence electrons. The van der Waals surface area contributed by atoms with Crippen LogP contribution >= 0.6 is 11.8 Å². The number of carbonyl (C=O) groups is 1. The summed E-state index contributed by atoms with van der Waals surface area (Å²) in [6.45, 7) is 8.95. The molecule has 1 saturated heterocycles. The Labute approximate surface area is 159 Å². The highest BCUT2D eigenvalue weighted by molar-refractivity contribution is 7.99. The van der Waals surface area contributed by atoms with E-state index in [1.165, 1.54) is 30.2 Å². The molecule has 1 N–H and O–H groups in total. The summed E-state index contributed by atoms with van der Waals surface area (Å²) < 4.78 is 2.07. The maximum Gasteiger partial charge on any atom is 0.232 e. The van der Waals surface area contributed by atoms with Gasteiger partial charge in [-0.2, -0.15) is 0 Å². The molecule has 0 spiro atoms. The van der Waals surface area contributed by atoms with Gasteiger partial charge in [0.25, 0.3) is 0 Å². The zero-order chi connectivity index (χ0) is 18.5. The maximum absolute atomic E-state index is 12.1. The van der Waals surface area contributed by atoms with Crippen molar-refractivity contribution in [3.05, 3.63) is 29.8 Å². The molecule has 0 aliphatic carbocycles. The molecule has 2 heterocycles. The summed E-state index contributed by atoms with van der Waals surface area (Å²) in [5.41, 5.74) is 2.25. The largest absolute Gasteiger partial charge is 0.355 e. The van der Waals surface area contributed by atoms with E-state index in [-0.39, 0.29) is 5.91 Å². The molecule has 1 fully saturated rings. The van der Waals surface area contributed by atoms with E-state index < -0.39 is 0 Å². The number of hydrogen-bond donors (Lipinski definition) is 1. The molecular weight excluding hydrogens is 346 g/mol. The van der Waals surface area contributed by atoms with Gasteiger partial charge in [-0.3, -0.25) is 9.36 Å². The fraction of sp³-hybridized carbons (Fsp3) is 0.526. The summed E-state index contributed by atoms with van der Waals surface area (Å²) >= 11 is 1.44. The molecule has 0 bridgehead atoms. The molecule has 1 aromatic carbocycles. The van der Waals surface area contributed by atoms with Crippen LogP contribution < -0.4 is 10.2 Å². The first kappa shape index (κ1) is 18.8. The Bertz CT molecular complexity index is 735. The van der Waals surface area contributed by atoms with Crippen LogP contribution in [0.2, 0.25) is 0 Å². The molecule has 0 unspecified atom stereocenters. The lowest BCUT2D eigenvalue weighted by atomic mass is 10.2. The van der Waals surface area contributed by atoms with Gasteiger partial charge in [-0.1, -0.05) is 43.3 Å². The minimum atomic E-state index is 0.0323. The third kappa shape index (κ3) is 4.58. The van der Waals surface area contributed by atoms with Crippen LogP contribution in [0.1, 0.15) is 32.3 Å². The summed E-state index contributed by atoms with van der Waals surface area (Å²) in [6, 6.07) is 8.35. The normalized spacial score (nSPS) is 14.2. The Morgan fingerprint density at radius 2 is 1.88 bits per heavy atom. The molecule has 3 rings (SSSR count). The number of aromatic nitrogens is 3. The molecule has 1 aliphatic heterocycles. The SMILES string of the molecule is Cc1ccc(-n2c(SCC(=O)NCC(C)C)nnc2N2CCCC2)cc1. The van der Waals surface area contributed by atoms with Gasteiger partial charge in [0, 0.05) is 19.6 Å². The predicted octanol–water partition coefficient (Wildman–Crippen LogP) is 3.04. The standard InChI is InChI=1S/C19H27N5OS/c1-14(2)12-20-17(25)13-26-19-22-21-18(23-10-4-5-11-23)24(19)16-8-6-15(3)7-9-16/h6-9,14H,4-5,10-13H2,1-3H3,(H,20,25). The van der Waals surface area contributed by atoms with Crippen LogP contribution in [0.5, 0.6) is 0 Å². The van der Waals surface area contributed by atoms with Gasteiger partial charge in [0.15, 0.2) is 5.16 Å². The van der Waals surface area contributed by atoms with Crippen molar-refractivity contribution in [2.45, 2.75) is 38.8 Å². The van der Waals surface area contributed by atoms with E-state index in [2.05, 4.69) is 70.0 Å². The van der Waals surface area contributed by atoms with E-state index in [9.17, 15) is 4.79 Å². The average molecular weight is 374 g/mol.